The Hall–Kier alpha value is -2.14. The minimum Gasteiger partial charge on any atom is -0.352 e. The lowest BCUT2D eigenvalue weighted by Gasteiger charge is -2.39. The van der Waals surface area contributed by atoms with Crippen LogP contribution in [0.1, 0.15) is 94.3 Å². The lowest BCUT2D eigenvalue weighted by atomic mass is 9.63. The molecule has 1 heterocycles. The van der Waals surface area contributed by atoms with E-state index in [2.05, 4.69) is 56.2 Å². The van der Waals surface area contributed by atoms with Crippen LogP contribution in [0.3, 0.4) is 0 Å². The number of hydrogen-bond donors (Lipinski definition) is 2. The Morgan fingerprint density at radius 2 is 1.79 bits per heavy atom. The number of fused-ring (bicyclic) bond motifs is 3. The maximum absolute atomic E-state index is 13.1. The molecule has 0 saturated heterocycles. The number of hydrogen-bond acceptors (Lipinski definition) is 3. The van der Waals surface area contributed by atoms with Crippen molar-refractivity contribution in [3.8, 4) is 0 Å². The molecule has 33 heavy (non-hydrogen) atoms. The highest BCUT2D eigenvalue weighted by atomic mass is 16.1. The first kappa shape index (κ1) is 22.6. The zero-order valence-corrected chi connectivity index (χ0v) is 20.7. The molecule has 2 N–H and O–H groups in total. The number of ketones is 1. The second-order valence-corrected chi connectivity index (χ2v) is 12.2. The van der Waals surface area contributed by atoms with E-state index < -0.39 is 0 Å². The molecule has 2 aromatic rings. The van der Waals surface area contributed by atoms with E-state index in [4.69, 9.17) is 0 Å². The number of benzene rings is 1. The van der Waals surface area contributed by atoms with Crippen LogP contribution >= 0.6 is 0 Å². The molecule has 0 spiro atoms. The van der Waals surface area contributed by atoms with Crippen molar-refractivity contribution in [3.63, 3.8) is 0 Å². The topological polar surface area (TPSA) is 65.2 Å². The Kier molecular flexibility index (Phi) is 5.67. The Bertz CT molecular complexity index is 1050. The maximum atomic E-state index is 13.1. The first-order valence-electron chi connectivity index (χ1n) is 12.8. The average molecular weight is 450 g/mol. The summed E-state index contributed by atoms with van der Waals surface area (Å²) in [6.45, 7) is 10.4. The van der Waals surface area contributed by atoms with Gasteiger partial charge in [-0.3, -0.25) is 9.59 Å². The summed E-state index contributed by atoms with van der Waals surface area (Å²) in [5, 5.41) is 4.87. The van der Waals surface area contributed by atoms with Crippen LogP contribution in [0.5, 0.6) is 0 Å². The molecule has 5 heteroatoms. The standard InChI is InChI=1S/C28H39N3O2/c1-27(2)16-28(3,4)26(33)25-24(27)22-13-19(7-12-23(22)30-25)15-31(17-32)21-10-8-20(9-11-21)29-14-18-5-6-18/h7,12-13,17-18,20-21,29-30H,5-6,8-11,14-16H2,1-4H3. The molecular formula is C28H39N3O2. The SMILES string of the molecule is CC1(C)CC(C)(C)c2c([nH]c3ccc(CN(C=O)C4CCC(NCC5CC5)CC4)cc23)C1=O. The minimum atomic E-state index is -0.360. The number of aromatic amines is 1. The van der Waals surface area contributed by atoms with E-state index in [1.165, 1.54) is 19.4 Å². The highest BCUT2D eigenvalue weighted by molar-refractivity contribution is 6.07. The summed E-state index contributed by atoms with van der Waals surface area (Å²) in [6.07, 6.45) is 9.09. The van der Waals surface area contributed by atoms with Gasteiger partial charge in [0, 0.05) is 34.9 Å². The fourth-order valence-corrected chi connectivity index (χ4v) is 6.55. The van der Waals surface area contributed by atoms with E-state index >= 15 is 0 Å². The van der Waals surface area contributed by atoms with Gasteiger partial charge in [0.25, 0.3) is 0 Å². The molecule has 1 aromatic heterocycles. The normalized spacial score (nSPS) is 26.2. The van der Waals surface area contributed by atoms with Gasteiger partial charge in [-0.05, 0) is 86.1 Å². The smallest absolute Gasteiger partial charge is 0.210 e. The number of H-pyrrole nitrogens is 1. The van der Waals surface area contributed by atoms with Crippen molar-refractivity contribution in [2.75, 3.05) is 6.54 Å². The molecule has 1 amide bonds. The first-order chi connectivity index (χ1) is 15.7. The summed E-state index contributed by atoms with van der Waals surface area (Å²) < 4.78 is 0. The highest BCUT2D eigenvalue weighted by Gasteiger charge is 2.45. The number of carbonyl (C=O) groups excluding carboxylic acids is 2. The van der Waals surface area contributed by atoms with Crippen molar-refractivity contribution < 1.29 is 9.59 Å². The number of nitrogens with one attached hydrogen (secondary N) is 2. The zero-order chi connectivity index (χ0) is 23.4. The van der Waals surface area contributed by atoms with Crippen molar-refractivity contribution in [2.45, 2.75) is 96.7 Å². The van der Waals surface area contributed by atoms with E-state index in [1.54, 1.807) is 0 Å². The van der Waals surface area contributed by atoms with Crippen molar-refractivity contribution in [2.24, 2.45) is 11.3 Å². The van der Waals surface area contributed by atoms with Crippen molar-refractivity contribution in [1.82, 2.24) is 15.2 Å². The van der Waals surface area contributed by atoms with E-state index in [0.717, 1.165) is 72.2 Å². The molecule has 0 bridgehead atoms. The summed E-state index contributed by atoms with van der Waals surface area (Å²) in [4.78, 5) is 30.6. The number of aromatic nitrogens is 1. The van der Waals surface area contributed by atoms with E-state index in [1.807, 2.05) is 4.90 Å². The third-order valence-corrected chi connectivity index (χ3v) is 8.32. The summed E-state index contributed by atoms with van der Waals surface area (Å²) in [6, 6.07) is 7.32. The highest BCUT2D eigenvalue weighted by Crippen LogP contribution is 2.48. The largest absolute Gasteiger partial charge is 0.352 e. The monoisotopic (exact) mass is 449 g/mol. The Balaban J connectivity index is 1.33. The van der Waals surface area contributed by atoms with Gasteiger partial charge in [0.05, 0.1) is 5.69 Å². The summed E-state index contributed by atoms with van der Waals surface area (Å²) in [7, 11) is 0. The number of carbonyl (C=O) groups is 2. The predicted octanol–water partition coefficient (Wildman–Crippen LogP) is 5.33. The van der Waals surface area contributed by atoms with Crippen molar-refractivity contribution in [1.29, 1.82) is 0 Å². The Morgan fingerprint density at radius 3 is 2.45 bits per heavy atom. The lowest BCUT2D eigenvalue weighted by molar-refractivity contribution is -0.121. The van der Waals surface area contributed by atoms with Gasteiger partial charge < -0.3 is 15.2 Å². The number of nitrogens with zero attached hydrogens (tertiary/aromatic N) is 1. The van der Waals surface area contributed by atoms with Crippen LogP contribution in [0.15, 0.2) is 18.2 Å². The molecule has 2 saturated carbocycles. The molecule has 5 nitrogen and oxygen atoms in total. The zero-order valence-electron chi connectivity index (χ0n) is 20.7. The summed E-state index contributed by atoms with van der Waals surface area (Å²) in [5.41, 5.74) is 3.62. The van der Waals surface area contributed by atoms with Crippen molar-refractivity contribution >= 4 is 23.1 Å². The molecule has 3 aliphatic carbocycles. The number of Topliss-reactive ketones (excluding diaryl/α,β-unsaturated/α-hetero) is 1. The second-order valence-electron chi connectivity index (χ2n) is 12.2. The van der Waals surface area contributed by atoms with Crippen LogP contribution in [0.2, 0.25) is 0 Å². The molecule has 0 aliphatic heterocycles. The fourth-order valence-electron chi connectivity index (χ4n) is 6.55. The molecule has 3 aliphatic rings. The van der Waals surface area contributed by atoms with Crippen LogP contribution in [0, 0.1) is 11.3 Å². The van der Waals surface area contributed by atoms with Crippen LogP contribution in [0.25, 0.3) is 10.9 Å². The second kappa shape index (κ2) is 8.26. The van der Waals surface area contributed by atoms with Gasteiger partial charge in [-0.25, -0.2) is 0 Å². The van der Waals surface area contributed by atoms with Gasteiger partial charge in [0.1, 0.15) is 0 Å². The lowest BCUT2D eigenvalue weighted by Crippen LogP contribution is -2.42. The molecule has 178 valence electrons. The van der Waals surface area contributed by atoms with E-state index in [0.29, 0.717) is 18.6 Å². The Morgan fingerprint density at radius 1 is 1.06 bits per heavy atom. The van der Waals surface area contributed by atoms with Gasteiger partial charge in [-0.2, -0.15) is 0 Å². The molecular weight excluding hydrogens is 410 g/mol. The van der Waals surface area contributed by atoms with Gasteiger partial charge >= 0.3 is 0 Å². The average Bonchev–Trinajstić information content (AvgIpc) is 3.52. The molecule has 5 rings (SSSR count). The summed E-state index contributed by atoms with van der Waals surface area (Å²) >= 11 is 0. The molecule has 1 aromatic carbocycles. The third kappa shape index (κ3) is 4.37. The van der Waals surface area contributed by atoms with Crippen LogP contribution in [-0.4, -0.2) is 40.7 Å². The molecule has 0 radical (unpaired) electrons. The summed E-state index contributed by atoms with van der Waals surface area (Å²) in [5.74, 6) is 1.12. The molecule has 0 atom stereocenters. The van der Waals surface area contributed by atoms with E-state index in [-0.39, 0.29) is 16.6 Å². The van der Waals surface area contributed by atoms with Crippen molar-refractivity contribution in [3.05, 3.63) is 35.0 Å². The first-order valence-corrected chi connectivity index (χ1v) is 12.8. The fraction of sp³-hybridized carbons (Fsp3) is 0.643. The van der Waals surface area contributed by atoms with Crippen LogP contribution in [-0.2, 0) is 16.8 Å². The quantitative estimate of drug-likeness (QED) is 0.562. The minimum absolute atomic E-state index is 0.0835. The predicted molar refractivity (Wildman–Crippen MR) is 132 cm³/mol. The van der Waals surface area contributed by atoms with Gasteiger partial charge in [0.15, 0.2) is 5.78 Å². The number of amides is 1. The molecule has 2 fully saturated rings. The third-order valence-electron chi connectivity index (χ3n) is 8.32. The van der Waals surface area contributed by atoms with E-state index in [9.17, 15) is 9.59 Å². The van der Waals surface area contributed by atoms with Gasteiger partial charge in [0.2, 0.25) is 6.41 Å². The van der Waals surface area contributed by atoms with Gasteiger partial charge in [-0.15, -0.1) is 0 Å². The van der Waals surface area contributed by atoms with Crippen LogP contribution in [0.4, 0.5) is 0 Å². The maximum Gasteiger partial charge on any atom is 0.210 e. The number of rotatable bonds is 7. The molecule has 0 unspecified atom stereocenters. The Labute approximate surface area is 197 Å². The van der Waals surface area contributed by atoms with Gasteiger partial charge in [-0.1, -0.05) is 33.8 Å². The van der Waals surface area contributed by atoms with Crippen LogP contribution < -0.4 is 5.32 Å².